The van der Waals surface area contributed by atoms with Crippen LogP contribution in [0.4, 0.5) is 0 Å². The summed E-state index contributed by atoms with van der Waals surface area (Å²) in [5.74, 6) is 0.479. The van der Waals surface area contributed by atoms with Gasteiger partial charge in [-0.2, -0.15) is 0 Å². The second-order valence-electron chi connectivity index (χ2n) is 5.32. The average molecular weight is 270 g/mol. The zero-order valence-corrected chi connectivity index (χ0v) is 12.0. The second-order valence-corrected chi connectivity index (χ2v) is 5.32. The molecule has 0 bridgehead atoms. The molecule has 2 N–H and O–H groups in total. The summed E-state index contributed by atoms with van der Waals surface area (Å²) < 4.78 is 5.16. The molecule has 104 valence electrons. The van der Waals surface area contributed by atoms with Crippen LogP contribution in [0.3, 0.4) is 0 Å². The minimum Gasteiger partial charge on any atom is -0.497 e. The van der Waals surface area contributed by atoms with Crippen LogP contribution in [0.2, 0.25) is 0 Å². The second kappa shape index (κ2) is 5.69. The lowest BCUT2D eigenvalue weighted by Gasteiger charge is -2.27. The molecule has 0 saturated heterocycles. The summed E-state index contributed by atoms with van der Waals surface area (Å²) in [5, 5.41) is 18.9. The van der Waals surface area contributed by atoms with Gasteiger partial charge in [-0.1, -0.05) is 56.3 Å². The minimum absolute atomic E-state index is 0.225. The summed E-state index contributed by atoms with van der Waals surface area (Å²) in [6.45, 7) is 4.22. The molecule has 0 fully saturated rings. The number of benzene rings is 2. The molecule has 0 spiro atoms. The zero-order chi connectivity index (χ0) is 14.8. The lowest BCUT2D eigenvalue weighted by Crippen LogP contribution is -2.33. The Balaban J connectivity index is 2.50. The van der Waals surface area contributed by atoms with E-state index in [1.807, 2.05) is 24.3 Å². The van der Waals surface area contributed by atoms with E-state index >= 15 is 0 Å². The Hall–Kier alpha value is -1.78. The molecule has 0 aliphatic carbocycles. The maximum Gasteiger partial charge on any atom is 0.492 e. The smallest absolute Gasteiger partial charge is 0.492 e. The van der Waals surface area contributed by atoms with Crippen molar-refractivity contribution in [2.45, 2.75) is 19.3 Å². The lowest BCUT2D eigenvalue weighted by atomic mass is 9.73. The molecule has 20 heavy (non-hydrogen) atoms. The molecule has 0 unspecified atom stereocenters. The van der Waals surface area contributed by atoms with Gasteiger partial charge in [0.15, 0.2) is 0 Å². The Morgan fingerprint density at radius 2 is 1.60 bits per heavy atom. The number of methoxy groups -OCH3 is 1. The monoisotopic (exact) mass is 270 g/mol. The molecule has 0 aromatic heterocycles. The summed E-state index contributed by atoms with van der Waals surface area (Å²) in [5.41, 5.74) is 2.34. The Labute approximate surface area is 120 Å². The highest BCUT2D eigenvalue weighted by Crippen LogP contribution is 2.31. The van der Waals surface area contributed by atoms with Crippen LogP contribution in [0.1, 0.15) is 25.0 Å². The maximum absolute atomic E-state index is 9.47. The van der Waals surface area contributed by atoms with Crippen LogP contribution in [-0.2, 0) is 5.41 Å². The van der Waals surface area contributed by atoms with E-state index < -0.39 is 7.12 Å². The van der Waals surface area contributed by atoms with Crippen molar-refractivity contribution < 1.29 is 14.8 Å². The van der Waals surface area contributed by atoms with Gasteiger partial charge in [0.05, 0.1) is 7.11 Å². The van der Waals surface area contributed by atoms with Crippen LogP contribution in [0.5, 0.6) is 5.75 Å². The Morgan fingerprint density at radius 1 is 0.950 bits per heavy atom. The third-order valence-electron chi connectivity index (χ3n) is 3.73. The topological polar surface area (TPSA) is 49.7 Å². The third-order valence-corrected chi connectivity index (χ3v) is 3.73. The van der Waals surface area contributed by atoms with E-state index in [1.54, 1.807) is 12.1 Å². The first-order valence-electron chi connectivity index (χ1n) is 6.57. The van der Waals surface area contributed by atoms with Crippen LogP contribution < -0.4 is 10.2 Å². The predicted molar refractivity (Wildman–Crippen MR) is 81.4 cm³/mol. The van der Waals surface area contributed by atoms with Crippen molar-refractivity contribution in [1.29, 1.82) is 0 Å². The fourth-order valence-electron chi connectivity index (χ4n) is 2.35. The Bertz CT molecular complexity index is 580. The van der Waals surface area contributed by atoms with Gasteiger partial charge >= 0.3 is 7.12 Å². The van der Waals surface area contributed by atoms with Gasteiger partial charge in [0.25, 0.3) is 0 Å². The molecule has 0 saturated carbocycles. The predicted octanol–water partition coefficient (Wildman–Crippen LogP) is 1.70. The van der Waals surface area contributed by atoms with Crippen LogP contribution in [0.15, 0.2) is 48.5 Å². The average Bonchev–Trinajstić information content (AvgIpc) is 2.47. The van der Waals surface area contributed by atoms with Crippen LogP contribution in [-0.4, -0.2) is 24.3 Å². The lowest BCUT2D eigenvalue weighted by molar-refractivity contribution is 0.403. The summed E-state index contributed by atoms with van der Waals surface area (Å²) >= 11 is 0. The first kappa shape index (κ1) is 14.6. The minimum atomic E-state index is -1.54. The van der Waals surface area contributed by atoms with E-state index in [2.05, 4.69) is 26.0 Å². The molecule has 0 amide bonds. The van der Waals surface area contributed by atoms with E-state index in [4.69, 9.17) is 4.74 Å². The fourth-order valence-corrected chi connectivity index (χ4v) is 2.35. The standard InChI is InChI=1S/C16H19BO3/c1-16(2,12-7-5-4-6-8-12)13-9-10-15(20-3)14(11-13)17(18)19/h4-11,18-19H,1-3H3. The van der Waals surface area contributed by atoms with Crippen molar-refractivity contribution >= 4 is 12.6 Å². The van der Waals surface area contributed by atoms with Gasteiger partial charge in [-0.3, -0.25) is 0 Å². The molecule has 0 aliphatic rings. The van der Waals surface area contributed by atoms with Crippen LogP contribution >= 0.6 is 0 Å². The first-order chi connectivity index (χ1) is 9.46. The fraction of sp³-hybridized carbons (Fsp3) is 0.250. The molecule has 2 rings (SSSR count). The van der Waals surface area contributed by atoms with Crippen molar-refractivity contribution in [2.75, 3.05) is 7.11 Å². The molecule has 0 radical (unpaired) electrons. The van der Waals surface area contributed by atoms with Crippen LogP contribution in [0.25, 0.3) is 0 Å². The number of hydrogen-bond acceptors (Lipinski definition) is 3. The third kappa shape index (κ3) is 2.71. The van der Waals surface area contributed by atoms with E-state index in [9.17, 15) is 10.0 Å². The van der Waals surface area contributed by atoms with Gasteiger partial charge in [-0.15, -0.1) is 0 Å². The highest BCUT2D eigenvalue weighted by Gasteiger charge is 2.26. The molecule has 2 aromatic rings. The van der Waals surface area contributed by atoms with Gasteiger partial charge in [-0.25, -0.2) is 0 Å². The zero-order valence-electron chi connectivity index (χ0n) is 12.0. The molecular formula is C16H19BO3. The number of hydrogen-bond donors (Lipinski definition) is 2. The Kier molecular flexibility index (Phi) is 4.16. The van der Waals surface area contributed by atoms with Gasteiger partial charge in [-0.05, 0) is 17.2 Å². The maximum atomic E-state index is 9.47. The molecule has 0 heterocycles. The van der Waals surface area contributed by atoms with Crippen molar-refractivity contribution in [3.8, 4) is 5.75 Å². The SMILES string of the molecule is COc1ccc(C(C)(C)c2ccccc2)cc1B(O)O. The normalized spacial score (nSPS) is 11.2. The first-order valence-corrected chi connectivity index (χ1v) is 6.57. The van der Waals surface area contributed by atoms with Crippen molar-refractivity contribution in [1.82, 2.24) is 0 Å². The summed E-state index contributed by atoms with van der Waals surface area (Å²) in [7, 11) is -0.0278. The largest absolute Gasteiger partial charge is 0.497 e. The van der Waals surface area contributed by atoms with Gasteiger partial charge in [0.2, 0.25) is 0 Å². The summed E-state index contributed by atoms with van der Waals surface area (Å²) in [6, 6.07) is 15.6. The molecule has 4 heteroatoms. The van der Waals surface area contributed by atoms with Crippen LogP contribution in [0, 0.1) is 0 Å². The highest BCUT2D eigenvalue weighted by atomic mass is 16.5. The summed E-state index contributed by atoms with van der Waals surface area (Å²) in [6.07, 6.45) is 0. The van der Waals surface area contributed by atoms with E-state index in [0.717, 1.165) is 5.56 Å². The van der Waals surface area contributed by atoms with E-state index in [0.29, 0.717) is 11.2 Å². The molecule has 2 aromatic carbocycles. The highest BCUT2D eigenvalue weighted by molar-refractivity contribution is 6.59. The van der Waals surface area contributed by atoms with Gasteiger partial charge in [0, 0.05) is 10.9 Å². The van der Waals surface area contributed by atoms with Gasteiger partial charge in [0.1, 0.15) is 5.75 Å². The molecule has 0 aliphatic heterocycles. The summed E-state index contributed by atoms with van der Waals surface area (Å²) in [4.78, 5) is 0. The van der Waals surface area contributed by atoms with E-state index in [1.165, 1.54) is 12.7 Å². The molecule has 0 atom stereocenters. The Morgan fingerprint density at radius 3 is 2.15 bits per heavy atom. The van der Waals surface area contributed by atoms with Crippen molar-refractivity contribution in [3.05, 3.63) is 59.7 Å². The van der Waals surface area contributed by atoms with Gasteiger partial charge < -0.3 is 14.8 Å². The van der Waals surface area contributed by atoms with E-state index in [-0.39, 0.29) is 5.41 Å². The van der Waals surface area contributed by atoms with Crippen molar-refractivity contribution in [3.63, 3.8) is 0 Å². The molecule has 3 nitrogen and oxygen atoms in total. The quantitative estimate of drug-likeness (QED) is 0.831. The molecular weight excluding hydrogens is 251 g/mol. The number of rotatable bonds is 4. The number of ether oxygens (including phenoxy) is 1. The van der Waals surface area contributed by atoms with Crippen molar-refractivity contribution in [2.24, 2.45) is 0 Å².